The first kappa shape index (κ1) is 23.3. The predicted octanol–water partition coefficient (Wildman–Crippen LogP) is 4.24. The van der Waals surface area contributed by atoms with Gasteiger partial charge in [-0.2, -0.15) is 0 Å². The largest absolute Gasteiger partial charge is 0.507 e. The molecule has 2 aromatic rings. The van der Waals surface area contributed by atoms with E-state index < -0.39 is 0 Å². The summed E-state index contributed by atoms with van der Waals surface area (Å²) in [5, 5.41) is 10.3. The molecule has 1 N–H and O–H groups in total. The van der Waals surface area contributed by atoms with Crippen LogP contribution in [0.2, 0.25) is 0 Å². The monoisotopic (exact) mass is 450 g/mol. The number of hydrogen-bond donors (Lipinski definition) is 1. The molecule has 6 nitrogen and oxygen atoms in total. The summed E-state index contributed by atoms with van der Waals surface area (Å²) in [6, 6.07) is 12.5. The molecule has 2 heterocycles. The van der Waals surface area contributed by atoms with Crippen LogP contribution in [-0.2, 0) is 0 Å². The molecule has 6 heteroatoms. The Bertz CT molecular complexity index is 930. The summed E-state index contributed by atoms with van der Waals surface area (Å²) < 4.78 is 11.6. The van der Waals surface area contributed by atoms with Gasteiger partial charge in [0.2, 0.25) is 0 Å². The Morgan fingerprint density at radius 1 is 0.818 bits per heavy atom. The SMILES string of the molecule is O=C(/C=C/c1ccc(OCCN2CCCC2)cc1)c1ccc(OCCN2CCCC2)cc1O. The number of aromatic hydroxyl groups is 1. The number of phenolic OH excluding ortho intramolecular Hbond substituents is 1. The summed E-state index contributed by atoms with van der Waals surface area (Å²) in [5.41, 5.74) is 1.16. The van der Waals surface area contributed by atoms with Crippen molar-refractivity contribution >= 4 is 11.9 Å². The Balaban J connectivity index is 1.24. The number of hydrogen-bond acceptors (Lipinski definition) is 6. The van der Waals surface area contributed by atoms with Crippen LogP contribution in [0, 0.1) is 0 Å². The number of ether oxygens (including phenoxy) is 2. The van der Waals surface area contributed by atoms with Crippen LogP contribution < -0.4 is 9.47 Å². The van der Waals surface area contributed by atoms with Gasteiger partial charge in [-0.05, 0) is 87.8 Å². The Morgan fingerprint density at radius 2 is 1.36 bits per heavy atom. The highest BCUT2D eigenvalue weighted by molar-refractivity contribution is 6.08. The molecule has 2 aliphatic heterocycles. The van der Waals surface area contributed by atoms with Gasteiger partial charge in [-0.3, -0.25) is 14.6 Å². The minimum absolute atomic E-state index is 0.0647. The second kappa shape index (κ2) is 11.9. The van der Waals surface area contributed by atoms with Gasteiger partial charge in [0.25, 0.3) is 0 Å². The minimum atomic E-state index is -0.248. The van der Waals surface area contributed by atoms with Crippen LogP contribution >= 0.6 is 0 Å². The van der Waals surface area contributed by atoms with Crippen LogP contribution in [0.3, 0.4) is 0 Å². The summed E-state index contributed by atoms with van der Waals surface area (Å²) in [5.74, 6) is 1.09. The van der Waals surface area contributed by atoms with E-state index in [1.807, 2.05) is 24.3 Å². The topological polar surface area (TPSA) is 62.2 Å². The van der Waals surface area contributed by atoms with E-state index in [1.165, 1.54) is 50.9 Å². The van der Waals surface area contributed by atoms with E-state index in [2.05, 4.69) is 9.80 Å². The highest BCUT2D eigenvalue weighted by atomic mass is 16.5. The molecule has 176 valence electrons. The molecular weight excluding hydrogens is 416 g/mol. The third-order valence-corrected chi connectivity index (χ3v) is 6.29. The molecular formula is C27H34N2O4. The number of benzene rings is 2. The van der Waals surface area contributed by atoms with E-state index in [4.69, 9.17) is 9.47 Å². The molecule has 2 fully saturated rings. The summed E-state index contributed by atoms with van der Waals surface area (Å²) in [7, 11) is 0. The van der Waals surface area contributed by atoms with E-state index in [0.717, 1.165) is 37.5 Å². The zero-order chi connectivity index (χ0) is 22.9. The third kappa shape index (κ3) is 7.07. The standard InChI is InChI=1S/C27H34N2O4/c30-26(25-11-10-24(21-27(25)31)33-20-18-29-15-3-4-16-29)12-7-22-5-8-23(9-6-22)32-19-17-28-13-1-2-14-28/h5-12,21,31H,1-4,13-20H2/b12-7+. The lowest BCUT2D eigenvalue weighted by atomic mass is 10.1. The smallest absolute Gasteiger partial charge is 0.189 e. The van der Waals surface area contributed by atoms with Gasteiger partial charge in [-0.15, -0.1) is 0 Å². The van der Waals surface area contributed by atoms with Gasteiger partial charge < -0.3 is 14.6 Å². The van der Waals surface area contributed by atoms with Gasteiger partial charge in [0.05, 0.1) is 5.56 Å². The van der Waals surface area contributed by atoms with Crippen molar-refractivity contribution in [3.8, 4) is 17.2 Å². The first-order chi connectivity index (χ1) is 16.2. The van der Waals surface area contributed by atoms with Crippen LogP contribution in [0.25, 0.3) is 6.08 Å². The Morgan fingerprint density at radius 3 is 1.94 bits per heavy atom. The van der Waals surface area contributed by atoms with Gasteiger partial charge >= 0.3 is 0 Å². The lowest BCUT2D eigenvalue weighted by Crippen LogP contribution is -2.25. The van der Waals surface area contributed by atoms with Crippen molar-refractivity contribution in [2.75, 3.05) is 52.5 Å². The van der Waals surface area contributed by atoms with E-state index in [1.54, 1.807) is 18.2 Å². The molecule has 0 spiro atoms. The second-order valence-corrected chi connectivity index (χ2v) is 8.74. The number of nitrogens with zero attached hydrogens (tertiary/aromatic N) is 2. The third-order valence-electron chi connectivity index (χ3n) is 6.29. The van der Waals surface area contributed by atoms with Crippen LogP contribution in [0.5, 0.6) is 17.2 Å². The maximum Gasteiger partial charge on any atom is 0.189 e. The van der Waals surface area contributed by atoms with Crippen molar-refractivity contribution in [1.82, 2.24) is 9.80 Å². The molecule has 0 bridgehead atoms. The molecule has 0 aliphatic carbocycles. The van der Waals surface area contributed by atoms with Gasteiger partial charge in [0.15, 0.2) is 5.78 Å². The van der Waals surface area contributed by atoms with Crippen LogP contribution in [0.4, 0.5) is 0 Å². The molecule has 2 saturated heterocycles. The van der Waals surface area contributed by atoms with Crippen molar-refractivity contribution in [1.29, 1.82) is 0 Å². The van der Waals surface area contributed by atoms with E-state index in [9.17, 15) is 9.90 Å². The predicted molar refractivity (Wildman–Crippen MR) is 130 cm³/mol. The molecule has 4 rings (SSSR count). The summed E-state index contributed by atoms with van der Waals surface area (Å²) >= 11 is 0. The molecule has 0 amide bonds. The fraction of sp³-hybridized carbons (Fsp3) is 0.444. The van der Waals surface area contributed by atoms with Crippen molar-refractivity contribution in [2.45, 2.75) is 25.7 Å². The number of likely N-dealkylation sites (tertiary alicyclic amines) is 2. The average Bonchev–Trinajstić information content (AvgIpc) is 3.53. The first-order valence-electron chi connectivity index (χ1n) is 12.0. The normalized spacial score (nSPS) is 17.1. The van der Waals surface area contributed by atoms with Gasteiger partial charge in [-0.25, -0.2) is 0 Å². The number of phenols is 1. The van der Waals surface area contributed by atoms with Crippen molar-refractivity contribution < 1.29 is 19.4 Å². The molecule has 0 saturated carbocycles. The summed E-state index contributed by atoms with van der Waals surface area (Å²) in [6.45, 7) is 7.70. The molecule has 0 unspecified atom stereocenters. The van der Waals surface area contributed by atoms with Crippen LogP contribution in [0.1, 0.15) is 41.6 Å². The fourth-order valence-electron chi connectivity index (χ4n) is 4.34. The van der Waals surface area contributed by atoms with Gasteiger partial charge in [0, 0.05) is 19.2 Å². The lowest BCUT2D eigenvalue weighted by molar-refractivity contribution is 0.104. The second-order valence-electron chi connectivity index (χ2n) is 8.74. The molecule has 33 heavy (non-hydrogen) atoms. The van der Waals surface area contributed by atoms with Gasteiger partial charge in [0.1, 0.15) is 30.5 Å². The minimum Gasteiger partial charge on any atom is -0.507 e. The van der Waals surface area contributed by atoms with Crippen LogP contribution in [-0.4, -0.2) is 73.2 Å². The summed E-state index contributed by atoms with van der Waals surface area (Å²) in [4.78, 5) is 17.3. The Kier molecular flexibility index (Phi) is 8.39. The summed E-state index contributed by atoms with van der Waals surface area (Å²) in [6.07, 6.45) is 8.30. The quantitative estimate of drug-likeness (QED) is 0.408. The lowest BCUT2D eigenvalue weighted by Gasteiger charge is -2.15. The average molecular weight is 451 g/mol. The fourth-order valence-corrected chi connectivity index (χ4v) is 4.34. The maximum absolute atomic E-state index is 12.5. The maximum atomic E-state index is 12.5. The van der Waals surface area contributed by atoms with E-state index in [0.29, 0.717) is 19.0 Å². The Hall–Kier alpha value is -2.83. The van der Waals surface area contributed by atoms with Crippen molar-refractivity contribution in [2.24, 2.45) is 0 Å². The van der Waals surface area contributed by atoms with E-state index >= 15 is 0 Å². The molecule has 0 aromatic heterocycles. The highest BCUT2D eigenvalue weighted by Crippen LogP contribution is 2.25. The zero-order valence-corrected chi connectivity index (χ0v) is 19.2. The van der Waals surface area contributed by atoms with E-state index in [-0.39, 0.29) is 17.1 Å². The van der Waals surface area contributed by atoms with Crippen LogP contribution in [0.15, 0.2) is 48.5 Å². The molecule has 0 radical (unpaired) electrons. The van der Waals surface area contributed by atoms with Crippen molar-refractivity contribution in [3.05, 3.63) is 59.7 Å². The first-order valence-corrected chi connectivity index (χ1v) is 12.0. The number of carbonyl (C=O) groups excluding carboxylic acids is 1. The van der Waals surface area contributed by atoms with Gasteiger partial charge in [-0.1, -0.05) is 18.2 Å². The number of rotatable bonds is 11. The van der Waals surface area contributed by atoms with Crippen molar-refractivity contribution in [3.63, 3.8) is 0 Å². The molecule has 2 aliphatic rings. The zero-order valence-electron chi connectivity index (χ0n) is 19.2. The highest BCUT2D eigenvalue weighted by Gasteiger charge is 2.13. The number of carbonyl (C=O) groups is 1. The number of ketones is 1. The Labute approximate surface area is 196 Å². The molecule has 2 aromatic carbocycles. The number of allylic oxidation sites excluding steroid dienone is 1. The molecule has 0 atom stereocenters.